The van der Waals surface area contributed by atoms with Crippen LogP contribution in [0, 0.1) is 23.4 Å². The van der Waals surface area contributed by atoms with Gasteiger partial charge in [0.15, 0.2) is 0 Å². The van der Waals surface area contributed by atoms with E-state index in [1.54, 1.807) is 11.0 Å². The van der Waals surface area contributed by atoms with E-state index in [1.807, 2.05) is 11.8 Å². The molecule has 2 atom stereocenters. The maximum Gasteiger partial charge on any atom is 0.135 e. The Morgan fingerprint density at radius 1 is 1.08 bits per heavy atom. The third-order valence-corrected chi connectivity index (χ3v) is 7.38. The van der Waals surface area contributed by atoms with Crippen LogP contribution in [0.5, 0.6) is 5.75 Å². The average Bonchev–Trinajstić information content (AvgIpc) is 3.13. The van der Waals surface area contributed by atoms with Crippen molar-refractivity contribution in [2.45, 2.75) is 44.9 Å². The molecule has 1 fully saturated rings. The fourth-order valence-electron chi connectivity index (χ4n) is 5.67. The second-order valence-electron chi connectivity index (χ2n) is 11.0. The molecule has 1 N–H and O–H groups in total. The van der Waals surface area contributed by atoms with Crippen molar-refractivity contribution in [2.24, 2.45) is 5.92 Å². The number of H-pyrrole nitrogens is 1. The van der Waals surface area contributed by atoms with Gasteiger partial charge in [-0.1, -0.05) is 0 Å². The van der Waals surface area contributed by atoms with Gasteiger partial charge in [0.25, 0.3) is 0 Å². The number of hydrogen-bond acceptors (Lipinski definition) is 3. The van der Waals surface area contributed by atoms with Gasteiger partial charge in [0, 0.05) is 72.4 Å². The number of rotatable bonds is 8. The van der Waals surface area contributed by atoms with Gasteiger partial charge in [-0.05, 0) is 51.0 Å². The van der Waals surface area contributed by atoms with Crippen LogP contribution in [0.25, 0.3) is 10.9 Å². The van der Waals surface area contributed by atoms with E-state index < -0.39 is 29.2 Å². The first-order valence-corrected chi connectivity index (χ1v) is 12.7. The number of likely N-dealkylation sites (tertiary alicyclic amines) is 1. The summed E-state index contributed by atoms with van der Waals surface area (Å²) in [5.74, 6) is -1.89. The summed E-state index contributed by atoms with van der Waals surface area (Å²) in [7, 11) is 0. The van der Waals surface area contributed by atoms with Crippen molar-refractivity contribution >= 4 is 10.9 Å². The summed E-state index contributed by atoms with van der Waals surface area (Å²) in [4.78, 5) is 7.02. The molecule has 2 aromatic carbocycles. The highest BCUT2D eigenvalue weighted by molar-refractivity contribution is 5.85. The van der Waals surface area contributed by atoms with Gasteiger partial charge < -0.3 is 9.72 Å². The van der Waals surface area contributed by atoms with Crippen molar-refractivity contribution in [1.82, 2.24) is 14.8 Å². The maximum atomic E-state index is 15.6. The van der Waals surface area contributed by atoms with E-state index in [4.69, 9.17) is 4.74 Å². The highest BCUT2D eigenvalue weighted by atomic mass is 19.2. The first-order chi connectivity index (χ1) is 17.5. The summed E-state index contributed by atoms with van der Waals surface area (Å²) < 4.78 is 78.4. The molecule has 4 nitrogen and oxygen atoms in total. The molecule has 3 heterocycles. The molecule has 3 aromatic rings. The Hall–Kier alpha value is -2.65. The number of ether oxygens (including phenoxy) is 1. The van der Waals surface area contributed by atoms with E-state index in [2.05, 4.69) is 4.98 Å². The van der Waals surface area contributed by atoms with E-state index in [9.17, 15) is 13.2 Å². The highest BCUT2D eigenvalue weighted by Gasteiger charge is 2.41. The molecule has 2 aliphatic rings. The molecule has 0 spiro atoms. The molecule has 0 saturated carbocycles. The molecule has 9 heteroatoms. The molecular weight excluding hydrogens is 489 g/mol. The van der Waals surface area contributed by atoms with Gasteiger partial charge in [0.05, 0.1) is 12.7 Å². The summed E-state index contributed by atoms with van der Waals surface area (Å²) in [5.41, 5.74) is 0.155. The SMILES string of the molecule is C[C@@H]1Cc2c([nH]c3ccc(F)cc23)[C@@H](c2c(F)cc(OCCN3CC(CF)C3)cc2F)N1CC(C)(C)F. The predicted octanol–water partition coefficient (Wildman–Crippen LogP) is 5.95. The van der Waals surface area contributed by atoms with Crippen molar-refractivity contribution < 1.29 is 26.7 Å². The third kappa shape index (κ3) is 5.21. The van der Waals surface area contributed by atoms with E-state index in [1.165, 1.54) is 26.0 Å². The summed E-state index contributed by atoms with van der Waals surface area (Å²) in [6.07, 6.45) is 0.482. The Kier molecular flexibility index (Phi) is 6.96. The molecule has 0 radical (unpaired) electrons. The van der Waals surface area contributed by atoms with Crippen LogP contribution in [0.15, 0.2) is 30.3 Å². The third-order valence-electron chi connectivity index (χ3n) is 7.38. The number of nitrogens with zero attached hydrogens (tertiary/aromatic N) is 2. The lowest BCUT2D eigenvalue weighted by Gasteiger charge is -2.43. The molecular formula is C28H32F5N3O. The smallest absolute Gasteiger partial charge is 0.135 e. The van der Waals surface area contributed by atoms with E-state index in [-0.39, 0.29) is 43.1 Å². The number of nitrogens with one attached hydrogen (secondary N) is 1. The Morgan fingerprint density at radius 2 is 1.78 bits per heavy atom. The van der Waals surface area contributed by atoms with Crippen molar-refractivity contribution in [3.05, 3.63) is 64.6 Å². The summed E-state index contributed by atoms with van der Waals surface area (Å²) in [6, 6.07) is 5.46. The van der Waals surface area contributed by atoms with Gasteiger partial charge in [0.2, 0.25) is 0 Å². The average molecular weight is 522 g/mol. The zero-order valence-corrected chi connectivity index (χ0v) is 21.3. The molecule has 0 unspecified atom stereocenters. The molecule has 0 aliphatic carbocycles. The van der Waals surface area contributed by atoms with E-state index in [0.29, 0.717) is 42.7 Å². The molecule has 5 rings (SSSR count). The Labute approximate surface area is 213 Å². The van der Waals surface area contributed by atoms with Gasteiger partial charge in [-0.3, -0.25) is 14.2 Å². The second kappa shape index (κ2) is 9.91. The minimum Gasteiger partial charge on any atom is -0.492 e. The first-order valence-electron chi connectivity index (χ1n) is 12.7. The topological polar surface area (TPSA) is 31.5 Å². The normalized spacial score (nSPS) is 21.3. The lowest BCUT2D eigenvalue weighted by atomic mass is 9.87. The molecule has 1 saturated heterocycles. The van der Waals surface area contributed by atoms with Crippen LogP contribution in [0.3, 0.4) is 0 Å². The van der Waals surface area contributed by atoms with Gasteiger partial charge in [-0.15, -0.1) is 0 Å². The van der Waals surface area contributed by atoms with Crippen LogP contribution < -0.4 is 4.74 Å². The number of benzene rings is 2. The van der Waals surface area contributed by atoms with Gasteiger partial charge in [-0.2, -0.15) is 0 Å². The molecule has 37 heavy (non-hydrogen) atoms. The summed E-state index contributed by atoms with van der Waals surface area (Å²) in [6.45, 7) is 6.42. The number of alkyl halides is 2. The lowest BCUT2D eigenvalue weighted by molar-refractivity contribution is 0.0637. The van der Waals surface area contributed by atoms with Crippen LogP contribution in [0.2, 0.25) is 0 Å². The number of fused-ring (bicyclic) bond motifs is 3. The summed E-state index contributed by atoms with van der Waals surface area (Å²) in [5, 5.41) is 0.660. The monoisotopic (exact) mass is 521 g/mol. The Bertz CT molecular complexity index is 1260. The van der Waals surface area contributed by atoms with Gasteiger partial charge in [-0.25, -0.2) is 17.6 Å². The predicted molar refractivity (Wildman–Crippen MR) is 133 cm³/mol. The van der Waals surface area contributed by atoms with Crippen molar-refractivity contribution in [1.29, 1.82) is 0 Å². The Balaban J connectivity index is 1.48. The van der Waals surface area contributed by atoms with Crippen LogP contribution >= 0.6 is 0 Å². The largest absolute Gasteiger partial charge is 0.492 e. The zero-order chi connectivity index (χ0) is 26.5. The molecule has 200 valence electrons. The van der Waals surface area contributed by atoms with Crippen LogP contribution in [-0.2, 0) is 6.42 Å². The second-order valence-corrected chi connectivity index (χ2v) is 11.0. The number of halogens is 5. The fraction of sp³-hybridized carbons (Fsp3) is 0.500. The van der Waals surface area contributed by atoms with Crippen molar-refractivity contribution in [2.75, 3.05) is 39.5 Å². The number of hydrogen-bond donors (Lipinski definition) is 1. The van der Waals surface area contributed by atoms with Crippen LogP contribution in [0.4, 0.5) is 22.0 Å². The van der Waals surface area contributed by atoms with Gasteiger partial charge >= 0.3 is 0 Å². The van der Waals surface area contributed by atoms with Crippen LogP contribution in [0.1, 0.15) is 43.6 Å². The highest BCUT2D eigenvalue weighted by Crippen LogP contribution is 2.44. The zero-order valence-electron chi connectivity index (χ0n) is 21.3. The first kappa shape index (κ1) is 26.0. The molecule has 2 aliphatic heterocycles. The minimum atomic E-state index is -1.61. The molecule has 0 amide bonds. The quantitative estimate of drug-likeness (QED) is 0.372. The van der Waals surface area contributed by atoms with Crippen LogP contribution in [-0.4, -0.2) is 66.0 Å². The molecule has 1 aromatic heterocycles. The fourth-order valence-corrected chi connectivity index (χ4v) is 5.67. The minimum absolute atomic E-state index is 0.0468. The van der Waals surface area contributed by atoms with Crippen molar-refractivity contribution in [3.8, 4) is 5.75 Å². The van der Waals surface area contributed by atoms with E-state index in [0.717, 1.165) is 17.7 Å². The lowest BCUT2D eigenvalue weighted by Crippen LogP contribution is -2.49. The number of aromatic nitrogens is 1. The maximum absolute atomic E-state index is 15.6. The standard InChI is InChI=1S/C28H32F5N3O/c1-16-8-21-20-9-18(30)4-5-24(20)34-26(21)27(36(16)15-28(2,3)33)25-22(31)10-19(11-23(25)32)37-7-6-35-13-17(12-29)14-35/h4-5,9-11,16-17,27,34H,6-8,12-15H2,1-3H3/t16-,27-/m1/s1. The number of aromatic amines is 1. The Morgan fingerprint density at radius 3 is 2.43 bits per heavy atom. The summed E-state index contributed by atoms with van der Waals surface area (Å²) >= 11 is 0. The van der Waals surface area contributed by atoms with Gasteiger partial charge in [0.1, 0.15) is 35.5 Å². The van der Waals surface area contributed by atoms with Crippen molar-refractivity contribution in [3.63, 3.8) is 0 Å². The van der Waals surface area contributed by atoms with E-state index >= 15 is 8.78 Å². The molecule has 0 bridgehead atoms.